The first-order valence-corrected chi connectivity index (χ1v) is 7.91. The lowest BCUT2D eigenvalue weighted by atomic mass is 9.98. The molecule has 4 nitrogen and oxygen atoms in total. The van der Waals surface area contributed by atoms with Crippen LogP contribution in [0.2, 0.25) is 0 Å². The van der Waals surface area contributed by atoms with Gasteiger partial charge in [0.2, 0.25) is 0 Å². The predicted molar refractivity (Wildman–Crippen MR) is 87.1 cm³/mol. The van der Waals surface area contributed by atoms with Gasteiger partial charge in [-0.05, 0) is 56.4 Å². The van der Waals surface area contributed by atoms with Gasteiger partial charge in [0.15, 0.2) is 0 Å². The second-order valence-electron chi connectivity index (χ2n) is 5.93. The smallest absolute Gasteiger partial charge is 0.254 e. The molecule has 1 amide bonds. The van der Waals surface area contributed by atoms with E-state index in [2.05, 4.69) is 6.58 Å². The molecule has 0 saturated carbocycles. The molecule has 1 saturated heterocycles. The van der Waals surface area contributed by atoms with Crippen LogP contribution in [-0.2, 0) is 0 Å². The maximum atomic E-state index is 12.7. The number of nitrogens with zero attached hydrogens (tertiary/aromatic N) is 1. The number of amides is 1. The van der Waals surface area contributed by atoms with Crippen molar-refractivity contribution in [1.82, 2.24) is 4.90 Å². The Balaban J connectivity index is 2.10. The van der Waals surface area contributed by atoms with Crippen molar-refractivity contribution in [2.75, 3.05) is 19.8 Å². The summed E-state index contributed by atoms with van der Waals surface area (Å²) in [5.74, 6) is 0.712. The number of hydrogen-bond donors (Lipinski definition) is 1. The van der Waals surface area contributed by atoms with Crippen molar-refractivity contribution >= 4 is 5.91 Å². The number of ether oxygens (including phenoxy) is 1. The highest BCUT2D eigenvalue weighted by Crippen LogP contribution is 2.23. The van der Waals surface area contributed by atoms with Crippen LogP contribution in [-0.4, -0.2) is 41.7 Å². The van der Waals surface area contributed by atoms with Crippen molar-refractivity contribution in [1.29, 1.82) is 0 Å². The predicted octanol–water partition coefficient (Wildman–Crippen LogP) is 3.02. The summed E-state index contributed by atoms with van der Waals surface area (Å²) in [5.41, 5.74) is 1.58. The van der Waals surface area contributed by atoms with E-state index in [9.17, 15) is 9.90 Å². The number of rotatable bonds is 6. The van der Waals surface area contributed by atoms with E-state index in [-0.39, 0.29) is 18.6 Å². The molecule has 1 atom stereocenters. The second kappa shape index (κ2) is 7.99. The number of hydrogen-bond acceptors (Lipinski definition) is 3. The van der Waals surface area contributed by atoms with Crippen LogP contribution in [0.15, 0.2) is 36.4 Å². The molecule has 1 aromatic rings. The minimum Gasteiger partial charge on any atom is -0.489 e. The van der Waals surface area contributed by atoms with Crippen molar-refractivity contribution in [2.24, 2.45) is 0 Å². The van der Waals surface area contributed by atoms with E-state index in [1.54, 1.807) is 6.07 Å². The van der Waals surface area contributed by atoms with Crippen molar-refractivity contribution in [3.05, 3.63) is 42.0 Å². The second-order valence-corrected chi connectivity index (χ2v) is 5.93. The number of likely N-dealkylation sites (tertiary alicyclic amines) is 1. The molecular formula is C18H25NO3. The molecule has 1 N–H and O–H groups in total. The zero-order valence-electron chi connectivity index (χ0n) is 13.3. The van der Waals surface area contributed by atoms with E-state index in [4.69, 9.17) is 4.74 Å². The van der Waals surface area contributed by atoms with Crippen molar-refractivity contribution < 1.29 is 14.6 Å². The first-order valence-electron chi connectivity index (χ1n) is 7.91. The Morgan fingerprint density at radius 2 is 2.27 bits per heavy atom. The molecule has 0 bridgehead atoms. The summed E-state index contributed by atoms with van der Waals surface area (Å²) in [6, 6.07) is 7.44. The average molecular weight is 303 g/mol. The summed E-state index contributed by atoms with van der Waals surface area (Å²) in [4.78, 5) is 14.6. The quantitative estimate of drug-likeness (QED) is 0.822. The van der Waals surface area contributed by atoms with Crippen LogP contribution in [0.5, 0.6) is 5.75 Å². The Labute approximate surface area is 132 Å². The monoisotopic (exact) mass is 303 g/mol. The third-order valence-corrected chi connectivity index (χ3v) is 3.92. The first kappa shape index (κ1) is 16.6. The van der Waals surface area contributed by atoms with Gasteiger partial charge in [0.25, 0.3) is 5.91 Å². The molecule has 0 spiro atoms. The lowest BCUT2D eigenvalue weighted by Gasteiger charge is -2.35. The fourth-order valence-electron chi connectivity index (χ4n) is 2.81. The number of carbonyl (C=O) groups is 1. The van der Waals surface area contributed by atoms with Gasteiger partial charge in [-0.25, -0.2) is 0 Å². The molecule has 4 heteroatoms. The van der Waals surface area contributed by atoms with Crippen molar-refractivity contribution in [2.45, 2.75) is 38.6 Å². The third kappa shape index (κ3) is 4.34. The van der Waals surface area contributed by atoms with Gasteiger partial charge in [-0.15, -0.1) is 0 Å². The zero-order valence-corrected chi connectivity index (χ0v) is 13.3. The van der Waals surface area contributed by atoms with E-state index in [1.165, 1.54) is 0 Å². The van der Waals surface area contributed by atoms with E-state index in [0.717, 1.165) is 31.4 Å². The Kier molecular flexibility index (Phi) is 6.01. The van der Waals surface area contributed by atoms with Crippen LogP contribution >= 0.6 is 0 Å². The summed E-state index contributed by atoms with van der Waals surface area (Å²) in [7, 11) is 0. The minimum absolute atomic E-state index is 0.0268. The topological polar surface area (TPSA) is 49.8 Å². The molecule has 1 aliphatic rings. The lowest BCUT2D eigenvalue weighted by molar-refractivity contribution is 0.0574. The highest BCUT2D eigenvalue weighted by Gasteiger charge is 2.27. The Hall–Kier alpha value is -1.81. The molecule has 1 heterocycles. The van der Waals surface area contributed by atoms with Crippen molar-refractivity contribution in [3.63, 3.8) is 0 Å². The molecule has 22 heavy (non-hydrogen) atoms. The summed E-state index contributed by atoms with van der Waals surface area (Å²) >= 11 is 0. The molecule has 1 fully saturated rings. The van der Waals surface area contributed by atoms with Gasteiger partial charge in [-0.1, -0.05) is 12.6 Å². The van der Waals surface area contributed by atoms with Crippen LogP contribution in [0.1, 0.15) is 43.0 Å². The molecule has 120 valence electrons. The number of aliphatic hydroxyl groups excluding tert-OH is 1. The average Bonchev–Trinajstić information content (AvgIpc) is 2.53. The molecule has 0 radical (unpaired) electrons. The highest BCUT2D eigenvalue weighted by molar-refractivity contribution is 5.94. The van der Waals surface area contributed by atoms with Gasteiger partial charge in [0.05, 0.1) is 0 Å². The lowest BCUT2D eigenvalue weighted by Crippen LogP contribution is -2.44. The molecule has 1 aromatic carbocycles. The first-order chi connectivity index (χ1) is 10.6. The van der Waals surface area contributed by atoms with Gasteiger partial charge in [0.1, 0.15) is 12.4 Å². The maximum absolute atomic E-state index is 12.7. The van der Waals surface area contributed by atoms with Gasteiger partial charge in [-0.2, -0.15) is 0 Å². The van der Waals surface area contributed by atoms with E-state index >= 15 is 0 Å². The molecule has 0 aliphatic carbocycles. The van der Waals surface area contributed by atoms with E-state index in [0.29, 0.717) is 24.3 Å². The summed E-state index contributed by atoms with van der Waals surface area (Å²) in [5, 5.41) is 9.19. The molecule has 0 aromatic heterocycles. The zero-order chi connectivity index (χ0) is 15.9. The minimum atomic E-state index is 0.0268. The number of aliphatic hydroxyl groups is 1. The third-order valence-electron chi connectivity index (χ3n) is 3.92. The molecule has 1 aliphatic heterocycles. The Morgan fingerprint density at radius 3 is 3.00 bits per heavy atom. The van der Waals surface area contributed by atoms with Gasteiger partial charge in [0, 0.05) is 24.8 Å². The van der Waals surface area contributed by atoms with E-state index < -0.39 is 0 Å². The van der Waals surface area contributed by atoms with Crippen LogP contribution in [0.25, 0.3) is 0 Å². The maximum Gasteiger partial charge on any atom is 0.254 e. The molecular weight excluding hydrogens is 278 g/mol. The highest BCUT2D eigenvalue weighted by atomic mass is 16.5. The molecule has 2 rings (SSSR count). The largest absolute Gasteiger partial charge is 0.489 e. The summed E-state index contributed by atoms with van der Waals surface area (Å²) < 4.78 is 5.61. The Bertz CT molecular complexity index is 525. The number of benzene rings is 1. The van der Waals surface area contributed by atoms with E-state index in [1.807, 2.05) is 30.0 Å². The number of piperidine rings is 1. The fraction of sp³-hybridized carbons (Fsp3) is 0.500. The van der Waals surface area contributed by atoms with Crippen LogP contribution < -0.4 is 4.74 Å². The fourth-order valence-corrected chi connectivity index (χ4v) is 2.81. The van der Waals surface area contributed by atoms with Crippen LogP contribution in [0, 0.1) is 0 Å². The van der Waals surface area contributed by atoms with Gasteiger partial charge < -0.3 is 14.7 Å². The Morgan fingerprint density at radius 1 is 1.45 bits per heavy atom. The normalized spacial score (nSPS) is 18.1. The SMILES string of the molecule is C=C(C)COc1cccc(C(=O)N2CCCC[C@H]2CCO)c1. The van der Waals surface area contributed by atoms with Gasteiger partial charge in [-0.3, -0.25) is 4.79 Å². The van der Waals surface area contributed by atoms with Crippen LogP contribution in [0.4, 0.5) is 0 Å². The van der Waals surface area contributed by atoms with Crippen molar-refractivity contribution in [3.8, 4) is 5.75 Å². The van der Waals surface area contributed by atoms with Gasteiger partial charge >= 0.3 is 0 Å². The summed E-state index contributed by atoms with van der Waals surface area (Å²) in [6.45, 7) is 7.05. The van der Waals surface area contributed by atoms with Crippen LogP contribution in [0.3, 0.4) is 0 Å². The molecule has 0 unspecified atom stereocenters. The summed E-state index contributed by atoms with van der Waals surface area (Å²) in [6.07, 6.45) is 3.77. The standard InChI is InChI=1S/C18H25NO3/c1-14(2)13-22-17-8-5-6-15(12-17)18(21)19-10-4-3-7-16(19)9-11-20/h5-6,8,12,16,20H,1,3-4,7,9-11,13H2,2H3/t16-/m0/s1. The number of carbonyl (C=O) groups excluding carboxylic acids is 1.